The number of aryl methyl sites for hydroxylation is 2. The van der Waals surface area contributed by atoms with Crippen LogP contribution in [-0.2, 0) is 19.6 Å². The van der Waals surface area contributed by atoms with Gasteiger partial charge in [0.25, 0.3) is 0 Å². The van der Waals surface area contributed by atoms with Crippen LogP contribution < -0.4 is 4.74 Å². The lowest BCUT2D eigenvalue weighted by Gasteiger charge is -2.35. The Kier molecular flexibility index (Phi) is 6.85. The Labute approximate surface area is 153 Å². The van der Waals surface area contributed by atoms with E-state index >= 15 is 0 Å². The number of rotatable bonds is 7. The van der Waals surface area contributed by atoms with Crippen LogP contribution in [-0.4, -0.2) is 51.5 Å². The minimum Gasteiger partial charge on any atom is -0.497 e. The first-order valence-corrected chi connectivity index (χ1v) is 9.86. The summed E-state index contributed by atoms with van der Waals surface area (Å²) in [6, 6.07) is 3.02. The Morgan fingerprint density at radius 1 is 1.27 bits per heavy atom. The Morgan fingerprint density at radius 3 is 2.50 bits per heavy atom. The molecule has 1 aromatic carbocycles. The SMILES string of the molecule is COc1cc(C)c(S(=O)(=O)N2CCCCC2COCC(=O)N=O)c(C)c1. The van der Waals surface area contributed by atoms with E-state index in [1.54, 1.807) is 26.0 Å². The van der Waals surface area contributed by atoms with Crippen molar-refractivity contribution in [2.45, 2.75) is 44.0 Å². The molecule has 1 amide bonds. The van der Waals surface area contributed by atoms with Gasteiger partial charge in [0, 0.05) is 17.8 Å². The van der Waals surface area contributed by atoms with Crippen molar-refractivity contribution in [1.29, 1.82) is 0 Å². The highest BCUT2D eigenvalue weighted by Gasteiger charge is 2.35. The van der Waals surface area contributed by atoms with Gasteiger partial charge in [-0.05, 0) is 49.9 Å². The van der Waals surface area contributed by atoms with Crippen molar-refractivity contribution in [3.8, 4) is 5.75 Å². The first kappa shape index (κ1) is 20.5. The predicted molar refractivity (Wildman–Crippen MR) is 95.6 cm³/mol. The smallest absolute Gasteiger partial charge is 0.311 e. The van der Waals surface area contributed by atoms with Crippen LogP contribution in [0.4, 0.5) is 0 Å². The van der Waals surface area contributed by atoms with E-state index in [0.29, 0.717) is 29.8 Å². The van der Waals surface area contributed by atoms with Crippen LogP contribution >= 0.6 is 0 Å². The van der Waals surface area contributed by atoms with E-state index in [1.807, 2.05) is 0 Å². The minimum atomic E-state index is -3.73. The molecule has 2 rings (SSSR count). The molecule has 26 heavy (non-hydrogen) atoms. The van der Waals surface area contributed by atoms with Crippen molar-refractivity contribution < 1.29 is 22.7 Å². The average molecular weight is 384 g/mol. The summed E-state index contributed by atoms with van der Waals surface area (Å²) in [5.74, 6) is -0.297. The number of nitrogens with zero attached hydrogens (tertiary/aromatic N) is 2. The molecule has 8 nitrogen and oxygen atoms in total. The normalized spacial score (nSPS) is 18.5. The summed E-state index contributed by atoms with van der Waals surface area (Å²) in [5, 5.41) is 2.27. The summed E-state index contributed by atoms with van der Waals surface area (Å²) in [6.07, 6.45) is 2.27. The van der Waals surface area contributed by atoms with E-state index < -0.39 is 22.5 Å². The third kappa shape index (κ3) is 4.46. The molecule has 0 spiro atoms. The van der Waals surface area contributed by atoms with Gasteiger partial charge in [-0.2, -0.15) is 4.31 Å². The second-order valence-corrected chi connectivity index (χ2v) is 8.18. The maximum Gasteiger partial charge on any atom is 0.311 e. The van der Waals surface area contributed by atoms with Crippen LogP contribution in [0.5, 0.6) is 5.75 Å². The van der Waals surface area contributed by atoms with Crippen molar-refractivity contribution in [3.63, 3.8) is 0 Å². The number of amides is 1. The second kappa shape index (κ2) is 8.70. The van der Waals surface area contributed by atoms with Gasteiger partial charge in [0.2, 0.25) is 10.0 Å². The molecule has 1 aliphatic heterocycles. The van der Waals surface area contributed by atoms with Gasteiger partial charge in [0.1, 0.15) is 12.4 Å². The Morgan fingerprint density at radius 2 is 1.92 bits per heavy atom. The minimum absolute atomic E-state index is 0.0503. The lowest BCUT2D eigenvalue weighted by atomic mass is 10.1. The van der Waals surface area contributed by atoms with Gasteiger partial charge >= 0.3 is 5.91 Å². The van der Waals surface area contributed by atoms with Crippen molar-refractivity contribution in [3.05, 3.63) is 28.2 Å². The number of methoxy groups -OCH3 is 1. The van der Waals surface area contributed by atoms with Gasteiger partial charge < -0.3 is 9.47 Å². The highest BCUT2D eigenvalue weighted by atomic mass is 32.2. The summed E-state index contributed by atoms with van der Waals surface area (Å²) in [6.45, 7) is 3.49. The number of nitroso groups, excluding NO2 is 1. The molecule has 0 bridgehead atoms. The third-order valence-corrected chi connectivity index (χ3v) is 6.70. The molecule has 0 aliphatic carbocycles. The lowest BCUT2D eigenvalue weighted by Crippen LogP contribution is -2.46. The van der Waals surface area contributed by atoms with Crippen LogP contribution in [0.25, 0.3) is 0 Å². The zero-order chi connectivity index (χ0) is 19.3. The summed E-state index contributed by atoms with van der Waals surface area (Å²) in [4.78, 5) is 21.4. The molecule has 1 fully saturated rings. The van der Waals surface area contributed by atoms with E-state index in [9.17, 15) is 18.1 Å². The van der Waals surface area contributed by atoms with E-state index in [1.165, 1.54) is 11.4 Å². The fourth-order valence-electron chi connectivity index (χ4n) is 3.32. The summed E-state index contributed by atoms with van der Waals surface area (Å²) in [5.41, 5.74) is 1.24. The second-order valence-electron chi connectivity index (χ2n) is 6.36. The highest BCUT2D eigenvalue weighted by molar-refractivity contribution is 7.89. The van der Waals surface area contributed by atoms with E-state index in [0.717, 1.165) is 12.8 Å². The molecule has 1 saturated heterocycles. The van der Waals surface area contributed by atoms with Crippen LogP contribution in [0.3, 0.4) is 0 Å². The number of carbonyl (C=O) groups is 1. The van der Waals surface area contributed by atoms with Gasteiger partial charge in [-0.15, -0.1) is 4.91 Å². The topological polar surface area (TPSA) is 102 Å². The molecule has 9 heteroatoms. The van der Waals surface area contributed by atoms with Gasteiger partial charge in [-0.3, -0.25) is 4.79 Å². The largest absolute Gasteiger partial charge is 0.497 e. The molecule has 144 valence electrons. The fraction of sp³-hybridized carbons (Fsp3) is 0.588. The van der Waals surface area contributed by atoms with Crippen LogP contribution in [0, 0.1) is 18.8 Å². The zero-order valence-corrected chi connectivity index (χ0v) is 16.0. The molecule has 0 N–H and O–H groups in total. The monoisotopic (exact) mass is 384 g/mol. The first-order chi connectivity index (χ1) is 12.3. The van der Waals surface area contributed by atoms with Gasteiger partial charge in [-0.1, -0.05) is 6.42 Å². The van der Waals surface area contributed by atoms with Crippen molar-refractivity contribution in [2.24, 2.45) is 5.18 Å². The fourth-order valence-corrected chi connectivity index (χ4v) is 5.41. The van der Waals surface area contributed by atoms with E-state index in [4.69, 9.17) is 9.47 Å². The quantitative estimate of drug-likeness (QED) is 0.668. The van der Waals surface area contributed by atoms with Crippen molar-refractivity contribution in [1.82, 2.24) is 4.31 Å². The number of ether oxygens (including phenoxy) is 2. The third-order valence-electron chi connectivity index (χ3n) is 4.45. The number of benzene rings is 1. The highest BCUT2D eigenvalue weighted by Crippen LogP contribution is 2.31. The maximum absolute atomic E-state index is 13.3. The molecule has 0 radical (unpaired) electrons. The number of carbonyl (C=O) groups excluding carboxylic acids is 1. The first-order valence-electron chi connectivity index (χ1n) is 8.42. The van der Waals surface area contributed by atoms with Crippen LogP contribution in [0.15, 0.2) is 22.2 Å². The average Bonchev–Trinajstić information content (AvgIpc) is 2.60. The molecule has 1 atom stereocenters. The number of hydrogen-bond acceptors (Lipinski definition) is 6. The summed E-state index contributed by atoms with van der Waals surface area (Å²) < 4.78 is 38.4. The van der Waals surface area contributed by atoms with Gasteiger partial charge in [-0.25, -0.2) is 8.42 Å². The molecule has 1 aromatic rings. The van der Waals surface area contributed by atoms with Gasteiger partial charge in [0.05, 0.1) is 18.6 Å². The Balaban J connectivity index is 2.27. The van der Waals surface area contributed by atoms with E-state index in [-0.39, 0.29) is 17.5 Å². The molecule has 1 heterocycles. The molecule has 1 aliphatic rings. The van der Waals surface area contributed by atoms with Crippen molar-refractivity contribution >= 4 is 15.9 Å². The summed E-state index contributed by atoms with van der Waals surface area (Å²) >= 11 is 0. The van der Waals surface area contributed by atoms with E-state index in [2.05, 4.69) is 5.18 Å². The Bertz CT molecular complexity index is 754. The van der Waals surface area contributed by atoms with Crippen LogP contribution in [0.2, 0.25) is 0 Å². The Hall–Kier alpha value is -1.84. The van der Waals surface area contributed by atoms with Crippen molar-refractivity contribution in [2.75, 3.05) is 26.9 Å². The summed E-state index contributed by atoms with van der Waals surface area (Å²) in [7, 11) is -2.19. The molecule has 0 saturated carbocycles. The maximum atomic E-state index is 13.3. The predicted octanol–water partition coefficient (Wildman–Crippen LogP) is 2.16. The lowest BCUT2D eigenvalue weighted by molar-refractivity contribution is -0.122. The number of hydrogen-bond donors (Lipinski definition) is 0. The standard InChI is InChI=1S/C17H24N2O6S/c1-12-8-15(24-3)9-13(2)17(12)26(22,23)19-7-5-4-6-14(19)10-25-11-16(20)18-21/h8-9,14H,4-7,10-11H2,1-3H3. The number of sulfonamides is 1. The zero-order valence-electron chi connectivity index (χ0n) is 15.2. The molecule has 0 aromatic heterocycles. The van der Waals surface area contributed by atoms with Gasteiger partial charge in [0.15, 0.2) is 0 Å². The van der Waals surface area contributed by atoms with Crippen LogP contribution in [0.1, 0.15) is 30.4 Å². The molecular formula is C17H24N2O6S. The molecular weight excluding hydrogens is 360 g/mol. The number of piperidine rings is 1. The molecule has 1 unspecified atom stereocenters.